The molecule has 0 fully saturated rings. The molecule has 0 aliphatic rings. The summed E-state index contributed by atoms with van der Waals surface area (Å²) in [5.74, 6) is 0.798. The number of rotatable bonds is 6. The van der Waals surface area contributed by atoms with Crippen molar-refractivity contribution in [2.75, 3.05) is 0 Å². The summed E-state index contributed by atoms with van der Waals surface area (Å²) in [5.41, 5.74) is 0.839. The van der Waals surface area contributed by atoms with Crippen LogP contribution in [0.1, 0.15) is 12.5 Å². The molecule has 8 heteroatoms. The van der Waals surface area contributed by atoms with Crippen molar-refractivity contribution >= 4 is 17.7 Å². The number of nitrogens with zero attached hydrogens (tertiary/aromatic N) is 3. The van der Waals surface area contributed by atoms with Crippen LogP contribution in [0.15, 0.2) is 52.2 Å². The normalized spacial score (nSPS) is 12.1. The lowest BCUT2D eigenvalue weighted by atomic mass is 10.2. The van der Waals surface area contributed by atoms with Crippen LogP contribution in [0, 0.1) is 5.82 Å². The minimum absolute atomic E-state index is 0.128. The van der Waals surface area contributed by atoms with E-state index >= 15 is 0 Å². The van der Waals surface area contributed by atoms with Crippen LogP contribution in [0.3, 0.4) is 0 Å². The predicted octanol–water partition coefficient (Wildman–Crippen LogP) is 3.01. The van der Waals surface area contributed by atoms with Crippen LogP contribution in [0.2, 0.25) is 0 Å². The first-order valence-electron chi connectivity index (χ1n) is 7.66. The number of nitrogens with one attached hydrogen (secondary N) is 1. The molecule has 0 spiro atoms. The number of halogens is 1. The van der Waals surface area contributed by atoms with Gasteiger partial charge in [-0.25, -0.2) is 4.39 Å². The Balaban J connectivity index is 1.59. The van der Waals surface area contributed by atoms with Gasteiger partial charge in [-0.05, 0) is 36.8 Å². The van der Waals surface area contributed by atoms with Gasteiger partial charge in [-0.2, -0.15) is 0 Å². The molecule has 0 bridgehead atoms. The van der Waals surface area contributed by atoms with Crippen molar-refractivity contribution in [2.24, 2.45) is 7.05 Å². The second-order valence-electron chi connectivity index (χ2n) is 5.45. The van der Waals surface area contributed by atoms with E-state index in [2.05, 4.69) is 15.5 Å². The largest absolute Gasteiger partial charge is 0.461 e. The summed E-state index contributed by atoms with van der Waals surface area (Å²) >= 11 is 1.31. The van der Waals surface area contributed by atoms with E-state index in [1.807, 2.05) is 7.05 Å². The van der Waals surface area contributed by atoms with Crippen molar-refractivity contribution in [3.8, 4) is 11.6 Å². The summed E-state index contributed by atoms with van der Waals surface area (Å²) in [4.78, 5) is 12.3. The summed E-state index contributed by atoms with van der Waals surface area (Å²) < 4.78 is 20.0. The third-order valence-corrected chi connectivity index (χ3v) is 4.74. The number of aromatic nitrogens is 3. The summed E-state index contributed by atoms with van der Waals surface area (Å²) in [6, 6.07) is 9.61. The highest BCUT2D eigenvalue weighted by Gasteiger charge is 2.20. The van der Waals surface area contributed by atoms with Gasteiger partial charge in [0, 0.05) is 13.6 Å². The first-order valence-corrected chi connectivity index (χ1v) is 8.54. The third-order valence-electron chi connectivity index (χ3n) is 3.61. The van der Waals surface area contributed by atoms with Crippen LogP contribution in [-0.2, 0) is 18.4 Å². The summed E-state index contributed by atoms with van der Waals surface area (Å²) in [6.07, 6.45) is 1.57. The molecule has 1 amide bonds. The Bertz CT molecular complexity index is 846. The topological polar surface area (TPSA) is 73.0 Å². The van der Waals surface area contributed by atoms with Gasteiger partial charge in [0.2, 0.25) is 5.91 Å². The van der Waals surface area contributed by atoms with Gasteiger partial charge in [-0.3, -0.25) is 4.79 Å². The molecular formula is C17H17FN4O2S. The fourth-order valence-electron chi connectivity index (χ4n) is 2.18. The van der Waals surface area contributed by atoms with Crippen LogP contribution < -0.4 is 5.32 Å². The molecule has 0 aliphatic heterocycles. The number of carbonyl (C=O) groups is 1. The smallest absolute Gasteiger partial charge is 0.233 e. The molecule has 6 nitrogen and oxygen atoms in total. The van der Waals surface area contributed by atoms with Gasteiger partial charge in [0.1, 0.15) is 5.82 Å². The highest BCUT2D eigenvalue weighted by Crippen LogP contribution is 2.25. The maximum absolute atomic E-state index is 12.9. The Morgan fingerprint density at radius 3 is 2.76 bits per heavy atom. The lowest BCUT2D eigenvalue weighted by Crippen LogP contribution is -2.30. The fourth-order valence-corrected chi connectivity index (χ4v) is 3.02. The van der Waals surface area contributed by atoms with E-state index in [4.69, 9.17) is 4.42 Å². The Kier molecular flexibility index (Phi) is 5.18. The fraction of sp³-hybridized carbons (Fsp3) is 0.235. The number of thioether (sulfide) groups is 1. The molecule has 0 radical (unpaired) electrons. The van der Waals surface area contributed by atoms with Gasteiger partial charge in [0.15, 0.2) is 16.7 Å². The SMILES string of the molecule is CC(Sc1nnc(-c2ccco2)n1C)C(=O)NCc1ccc(F)cc1. The second kappa shape index (κ2) is 7.52. The first-order chi connectivity index (χ1) is 12.0. The molecular weight excluding hydrogens is 343 g/mol. The van der Waals surface area contributed by atoms with Gasteiger partial charge in [-0.15, -0.1) is 10.2 Å². The predicted molar refractivity (Wildman–Crippen MR) is 92.3 cm³/mol. The molecule has 130 valence electrons. The molecule has 0 saturated carbocycles. The lowest BCUT2D eigenvalue weighted by molar-refractivity contribution is -0.120. The zero-order valence-electron chi connectivity index (χ0n) is 13.8. The van der Waals surface area contributed by atoms with E-state index in [0.717, 1.165) is 5.56 Å². The van der Waals surface area contributed by atoms with E-state index in [0.29, 0.717) is 23.3 Å². The number of amides is 1. The van der Waals surface area contributed by atoms with Crippen molar-refractivity contribution in [2.45, 2.75) is 23.9 Å². The van der Waals surface area contributed by atoms with Crippen molar-refractivity contribution in [3.05, 3.63) is 54.0 Å². The highest BCUT2D eigenvalue weighted by atomic mass is 32.2. The number of furan rings is 1. The Hall–Kier alpha value is -2.61. The summed E-state index contributed by atoms with van der Waals surface area (Å²) in [5, 5.41) is 11.3. The van der Waals surface area contributed by atoms with Crippen molar-refractivity contribution in [1.29, 1.82) is 0 Å². The average Bonchev–Trinajstić information content (AvgIpc) is 3.24. The molecule has 1 aromatic carbocycles. The monoisotopic (exact) mass is 360 g/mol. The van der Waals surface area contributed by atoms with Crippen molar-refractivity contribution in [3.63, 3.8) is 0 Å². The maximum Gasteiger partial charge on any atom is 0.233 e. The Labute approximate surface area is 148 Å². The van der Waals surface area contributed by atoms with Crippen LogP contribution in [-0.4, -0.2) is 25.9 Å². The molecule has 2 aromatic heterocycles. The molecule has 1 N–H and O–H groups in total. The Morgan fingerprint density at radius 2 is 2.08 bits per heavy atom. The van der Waals surface area contributed by atoms with E-state index in [1.165, 1.54) is 23.9 Å². The lowest BCUT2D eigenvalue weighted by Gasteiger charge is -2.11. The van der Waals surface area contributed by atoms with Crippen LogP contribution >= 0.6 is 11.8 Å². The minimum Gasteiger partial charge on any atom is -0.461 e. The molecule has 2 heterocycles. The standard InChI is InChI=1S/C17H17FN4O2S/c1-11(16(23)19-10-12-5-7-13(18)8-6-12)25-17-21-20-15(22(17)2)14-4-3-9-24-14/h3-9,11H,10H2,1-2H3,(H,19,23). The molecule has 25 heavy (non-hydrogen) atoms. The minimum atomic E-state index is -0.354. The van der Waals surface area contributed by atoms with Crippen LogP contribution in [0.5, 0.6) is 0 Å². The number of hydrogen-bond donors (Lipinski definition) is 1. The van der Waals surface area contributed by atoms with Gasteiger partial charge >= 0.3 is 0 Å². The average molecular weight is 360 g/mol. The molecule has 3 rings (SSSR count). The van der Waals surface area contributed by atoms with Crippen molar-refractivity contribution in [1.82, 2.24) is 20.1 Å². The molecule has 0 saturated heterocycles. The number of hydrogen-bond acceptors (Lipinski definition) is 5. The van der Waals surface area contributed by atoms with E-state index in [-0.39, 0.29) is 17.0 Å². The highest BCUT2D eigenvalue weighted by molar-refractivity contribution is 8.00. The van der Waals surface area contributed by atoms with E-state index in [9.17, 15) is 9.18 Å². The summed E-state index contributed by atoms with van der Waals surface area (Å²) in [6.45, 7) is 2.15. The molecule has 1 unspecified atom stereocenters. The van der Waals surface area contributed by atoms with E-state index in [1.54, 1.807) is 42.0 Å². The second-order valence-corrected chi connectivity index (χ2v) is 6.75. The van der Waals surface area contributed by atoms with Gasteiger partial charge < -0.3 is 14.3 Å². The maximum atomic E-state index is 12.9. The number of benzene rings is 1. The first kappa shape index (κ1) is 17.2. The zero-order chi connectivity index (χ0) is 17.8. The number of carbonyl (C=O) groups excluding carboxylic acids is 1. The molecule has 1 atom stereocenters. The summed E-state index contributed by atoms with van der Waals surface area (Å²) in [7, 11) is 1.82. The van der Waals surface area contributed by atoms with Gasteiger partial charge in [0.05, 0.1) is 11.5 Å². The van der Waals surface area contributed by atoms with Crippen LogP contribution in [0.25, 0.3) is 11.6 Å². The van der Waals surface area contributed by atoms with E-state index < -0.39 is 0 Å². The Morgan fingerprint density at radius 1 is 1.32 bits per heavy atom. The van der Waals surface area contributed by atoms with Crippen LogP contribution in [0.4, 0.5) is 4.39 Å². The van der Waals surface area contributed by atoms with Gasteiger partial charge in [0.25, 0.3) is 0 Å². The zero-order valence-corrected chi connectivity index (χ0v) is 14.6. The third kappa shape index (κ3) is 4.08. The molecule has 3 aromatic rings. The quantitative estimate of drug-likeness (QED) is 0.684. The van der Waals surface area contributed by atoms with Gasteiger partial charge in [-0.1, -0.05) is 23.9 Å². The molecule has 0 aliphatic carbocycles. The van der Waals surface area contributed by atoms with Crippen molar-refractivity contribution < 1.29 is 13.6 Å².